The molecule has 3 nitrogen and oxygen atoms in total. The van der Waals surface area contributed by atoms with E-state index < -0.39 is 0 Å². The van der Waals surface area contributed by atoms with E-state index >= 15 is 0 Å². The maximum atomic E-state index is 2.55. The Morgan fingerprint density at radius 2 is 0.727 bits per heavy atom. The summed E-state index contributed by atoms with van der Waals surface area (Å²) in [6, 6.07) is 73.1. The lowest BCUT2D eigenvalue weighted by Gasteiger charge is -2.13. The lowest BCUT2D eigenvalue weighted by Crippen LogP contribution is -1.95. The fourth-order valence-electron chi connectivity index (χ4n) is 9.29. The van der Waals surface area contributed by atoms with E-state index in [2.05, 4.69) is 214 Å². The topological polar surface area (TPSA) is 14.3 Å². The highest BCUT2D eigenvalue weighted by Gasteiger charge is 2.26. The number of benzene rings is 8. The maximum Gasteiger partial charge on any atom is 0.0810 e. The third kappa shape index (κ3) is 4.26. The van der Waals surface area contributed by atoms with Crippen LogP contribution in [0.15, 0.2) is 200 Å². The zero-order valence-electron chi connectivity index (χ0n) is 29.9. The predicted molar refractivity (Wildman–Crippen MR) is 232 cm³/mol. The van der Waals surface area contributed by atoms with Crippen LogP contribution in [0.1, 0.15) is 0 Å². The van der Waals surface area contributed by atoms with Crippen LogP contribution in [0.3, 0.4) is 0 Å². The number of hydrogen-bond donors (Lipinski definition) is 0. The van der Waals surface area contributed by atoms with Gasteiger partial charge in [0.1, 0.15) is 0 Å². The summed E-state index contributed by atoms with van der Waals surface area (Å²) in [5.41, 5.74) is 15.6. The van der Waals surface area contributed by atoms with Gasteiger partial charge in [0.15, 0.2) is 0 Å². The molecule has 4 aromatic heterocycles. The molecule has 4 heterocycles. The van der Waals surface area contributed by atoms with Gasteiger partial charge in [-0.05, 0) is 82.7 Å². The molecule has 0 aliphatic heterocycles. The van der Waals surface area contributed by atoms with Crippen molar-refractivity contribution in [3.63, 3.8) is 0 Å². The second kappa shape index (κ2) is 11.6. The monoisotopic (exact) mass is 699 g/mol. The van der Waals surface area contributed by atoms with E-state index in [1.807, 2.05) is 0 Å². The van der Waals surface area contributed by atoms with E-state index in [-0.39, 0.29) is 0 Å². The molecular formula is C52H33N3. The molecule has 55 heavy (non-hydrogen) atoms. The van der Waals surface area contributed by atoms with Gasteiger partial charge < -0.3 is 13.5 Å². The number of rotatable bonds is 4. The molecule has 0 fully saturated rings. The molecule has 0 amide bonds. The molecule has 0 atom stereocenters. The van der Waals surface area contributed by atoms with Crippen LogP contribution in [0.2, 0.25) is 0 Å². The highest BCUT2D eigenvalue weighted by molar-refractivity contribution is 6.26. The molecule has 12 aromatic rings. The Balaban J connectivity index is 1.23. The summed E-state index contributed by atoms with van der Waals surface area (Å²) in [5, 5.41) is 7.49. The van der Waals surface area contributed by atoms with Crippen molar-refractivity contribution in [3.05, 3.63) is 200 Å². The molecule has 0 saturated heterocycles. The van der Waals surface area contributed by atoms with Gasteiger partial charge in [0.2, 0.25) is 0 Å². The van der Waals surface area contributed by atoms with Crippen molar-refractivity contribution in [3.8, 4) is 33.6 Å². The van der Waals surface area contributed by atoms with Crippen LogP contribution in [0, 0.1) is 0 Å². The van der Waals surface area contributed by atoms with Crippen LogP contribution in [0.4, 0.5) is 0 Å². The molecular weight excluding hydrogens is 667 g/mol. The van der Waals surface area contributed by atoms with Crippen molar-refractivity contribution in [2.24, 2.45) is 0 Å². The van der Waals surface area contributed by atoms with Crippen LogP contribution in [-0.2, 0) is 0 Å². The lowest BCUT2D eigenvalue weighted by atomic mass is 10.00. The summed E-state index contributed by atoms with van der Waals surface area (Å²) < 4.78 is 7.43. The number of nitrogens with zero attached hydrogens (tertiary/aromatic N) is 3. The van der Waals surface area contributed by atoms with Gasteiger partial charge in [-0.3, -0.25) is 0 Å². The molecule has 12 rings (SSSR count). The van der Waals surface area contributed by atoms with Gasteiger partial charge in [-0.1, -0.05) is 140 Å². The van der Waals surface area contributed by atoms with Crippen molar-refractivity contribution in [1.29, 1.82) is 0 Å². The average molecular weight is 700 g/mol. The molecule has 0 saturated carbocycles. The zero-order valence-corrected chi connectivity index (χ0v) is 29.9. The summed E-state index contributed by atoms with van der Waals surface area (Å²) in [4.78, 5) is 0. The third-order valence-corrected chi connectivity index (χ3v) is 11.6. The summed E-state index contributed by atoms with van der Waals surface area (Å²) >= 11 is 0. The fourth-order valence-corrected chi connectivity index (χ4v) is 9.29. The number of aromatic nitrogens is 3. The summed E-state index contributed by atoms with van der Waals surface area (Å²) in [7, 11) is 0. The molecule has 256 valence electrons. The van der Waals surface area contributed by atoms with Crippen molar-refractivity contribution >= 4 is 70.9 Å². The first-order valence-corrected chi connectivity index (χ1v) is 19.0. The second-order valence-electron chi connectivity index (χ2n) is 14.5. The van der Waals surface area contributed by atoms with E-state index in [4.69, 9.17) is 0 Å². The van der Waals surface area contributed by atoms with Gasteiger partial charge >= 0.3 is 0 Å². The second-order valence-corrected chi connectivity index (χ2v) is 14.5. The Hall–Kier alpha value is -7.36. The highest BCUT2D eigenvalue weighted by Crippen LogP contribution is 2.47. The summed E-state index contributed by atoms with van der Waals surface area (Å²) in [5.74, 6) is 0. The van der Waals surface area contributed by atoms with Gasteiger partial charge in [-0.2, -0.15) is 0 Å². The van der Waals surface area contributed by atoms with Crippen molar-refractivity contribution in [2.45, 2.75) is 0 Å². The van der Waals surface area contributed by atoms with Gasteiger partial charge in [-0.15, -0.1) is 0 Å². The molecule has 3 heteroatoms. The first-order valence-electron chi connectivity index (χ1n) is 19.0. The fraction of sp³-hybridized carbons (Fsp3) is 0. The lowest BCUT2D eigenvalue weighted by molar-refractivity contribution is 1.18. The SMILES string of the molecule is c1ccc(-c2c3c(c4cc(-c5ccc6c(c5)c5ccccc5n6-c5ccccc5)ccc4n3-c3ccccc3)n3c4ccccc4c4ccccc4c23)cc1. The van der Waals surface area contributed by atoms with E-state index in [0.29, 0.717) is 0 Å². The Kier molecular flexibility index (Phi) is 6.34. The third-order valence-electron chi connectivity index (χ3n) is 11.6. The number of hydrogen-bond acceptors (Lipinski definition) is 0. The normalized spacial score (nSPS) is 12.0. The minimum atomic E-state index is 1.15. The first-order chi connectivity index (χ1) is 27.3. The molecule has 0 N–H and O–H groups in total. The van der Waals surface area contributed by atoms with Crippen molar-refractivity contribution in [2.75, 3.05) is 0 Å². The summed E-state index contributed by atoms with van der Waals surface area (Å²) in [6.07, 6.45) is 0. The smallest absolute Gasteiger partial charge is 0.0810 e. The maximum absolute atomic E-state index is 2.55. The molecule has 0 aliphatic rings. The minimum absolute atomic E-state index is 1.15. The van der Waals surface area contributed by atoms with Crippen LogP contribution in [0.25, 0.3) is 105 Å². The average Bonchev–Trinajstić information content (AvgIpc) is 3.90. The molecule has 0 aliphatic carbocycles. The summed E-state index contributed by atoms with van der Waals surface area (Å²) in [6.45, 7) is 0. The van der Waals surface area contributed by atoms with E-state index in [0.717, 1.165) is 5.69 Å². The molecule has 0 unspecified atom stereocenters. The highest BCUT2D eigenvalue weighted by atomic mass is 15.0. The van der Waals surface area contributed by atoms with E-state index in [1.54, 1.807) is 0 Å². The largest absolute Gasteiger partial charge is 0.309 e. The van der Waals surface area contributed by atoms with Gasteiger partial charge in [-0.25, -0.2) is 0 Å². The Morgan fingerprint density at radius 1 is 0.255 bits per heavy atom. The van der Waals surface area contributed by atoms with Crippen LogP contribution in [-0.4, -0.2) is 13.5 Å². The van der Waals surface area contributed by atoms with Crippen LogP contribution >= 0.6 is 0 Å². The van der Waals surface area contributed by atoms with E-state index in [9.17, 15) is 0 Å². The molecule has 0 spiro atoms. The van der Waals surface area contributed by atoms with Crippen molar-refractivity contribution in [1.82, 2.24) is 13.5 Å². The molecule has 0 bridgehead atoms. The molecule has 8 aromatic carbocycles. The van der Waals surface area contributed by atoms with Gasteiger partial charge in [0.25, 0.3) is 0 Å². The minimum Gasteiger partial charge on any atom is -0.309 e. The van der Waals surface area contributed by atoms with Crippen molar-refractivity contribution < 1.29 is 0 Å². The Morgan fingerprint density at radius 3 is 1.40 bits per heavy atom. The standard InChI is InChI=1S/C52H33N3/c1-4-16-34(17-5-1)49-50-42-25-11-10-22-39(42)40-23-12-15-27-46(40)55(50)51-44-33-36(29-31-48(44)54(52(49)51)38-20-8-3-9-21-38)35-28-30-47-43(32-35)41-24-13-14-26-45(41)53(47)37-18-6-2-7-19-37/h1-33H. The quantitative estimate of drug-likeness (QED) is 0.162. The van der Waals surface area contributed by atoms with Crippen LogP contribution < -0.4 is 0 Å². The molecule has 0 radical (unpaired) electrons. The van der Waals surface area contributed by atoms with Gasteiger partial charge in [0, 0.05) is 43.9 Å². The first kappa shape index (κ1) is 30.1. The Labute approximate surface area is 317 Å². The van der Waals surface area contributed by atoms with E-state index in [1.165, 1.54) is 98.9 Å². The predicted octanol–water partition coefficient (Wildman–Crippen LogP) is 13.8. The van der Waals surface area contributed by atoms with Gasteiger partial charge in [0.05, 0.1) is 38.6 Å². The van der Waals surface area contributed by atoms with Crippen LogP contribution in [0.5, 0.6) is 0 Å². The Bertz CT molecular complexity index is 3460. The number of pyridine rings is 1. The zero-order chi connectivity index (χ0) is 36.0. The number of fused-ring (bicyclic) bond motifs is 13. The number of para-hydroxylation sites is 4.